The van der Waals surface area contributed by atoms with Crippen LogP contribution in [-0.4, -0.2) is 45.2 Å². The number of ether oxygens (including phenoxy) is 4. The van der Waals surface area contributed by atoms with Crippen LogP contribution >= 0.6 is 23.4 Å². The summed E-state index contributed by atoms with van der Waals surface area (Å²) in [6.45, 7) is 5.60. The molecule has 178 valence electrons. The Bertz CT molecular complexity index is 1030. The van der Waals surface area contributed by atoms with Gasteiger partial charge in [0.05, 0.1) is 27.4 Å². The number of hydrogen-bond acceptors (Lipinski definition) is 8. The number of azo groups is 1. The molecule has 0 spiro atoms. The third-order valence-electron chi connectivity index (χ3n) is 4.32. The number of methoxy groups -OCH3 is 2. The zero-order chi connectivity index (χ0) is 24.5. The first-order valence-corrected chi connectivity index (χ1v) is 10.7. The third-order valence-corrected chi connectivity index (χ3v) is 5.03. The molecular weight excluding hydrogens is 473 g/mol. The van der Waals surface area contributed by atoms with E-state index in [-0.39, 0.29) is 22.1 Å². The number of hydrogen-bond donors (Lipinski definition) is 0. The quantitative estimate of drug-likeness (QED) is 0.234. The second-order valence-electron chi connectivity index (χ2n) is 6.48. The molecule has 0 radical (unpaired) electrons. The molecular formula is C22H25Cl2N3O6. The van der Waals surface area contributed by atoms with Crippen molar-refractivity contribution in [1.82, 2.24) is 0 Å². The van der Waals surface area contributed by atoms with Crippen molar-refractivity contribution in [2.75, 3.05) is 31.9 Å². The van der Waals surface area contributed by atoms with Crippen LogP contribution < -0.4 is 23.4 Å². The van der Waals surface area contributed by atoms with Crippen molar-refractivity contribution >= 4 is 46.4 Å². The van der Waals surface area contributed by atoms with Crippen LogP contribution in [0.3, 0.4) is 0 Å². The fraction of sp³-hybridized carbons (Fsp3) is 0.364. The van der Waals surface area contributed by atoms with E-state index >= 15 is 0 Å². The number of carbonyl (C=O) groups is 2. The zero-order valence-corrected chi connectivity index (χ0v) is 20.4. The molecule has 9 nitrogen and oxygen atoms in total. The molecule has 0 saturated heterocycles. The topological polar surface area (TPSA) is 99.0 Å². The highest BCUT2D eigenvalue weighted by molar-refractivity contribution is 6.39. The van der Waals surface area contributed by atoms with Gasteiger partial charge in [-0.15, -0.1) is 0 Å². The second kappa shape index (κ2) is 12.3. The molecule has 0 bridgehead atoms. The van der Waals surface area contributed by atoms with E-state index in [1.807, 2.05) is 6.92 Å². The zero-order valence-electron chi connectivity index (χ0n) is 18.9. The number of halogens is 2. The van der Waals surface area contributed by atoms with Crippen molar-refractivity contribution in [3.05, 3.63) is 35.4 Å². The maximum absolute atomic E-state index is 13.0. The van der Waals surface area contributed by atoms with E-state index in [1.54, 1.807) is 31.2 Å². The average molecular weight is 498 g/mol. The predicted molar refractivity (Wildman–Crippen MR) is 126 cm³/mol. The van der Waals surface area contributed by atoms with Gasteiger partial charge in [0.2, 0.25) is 6.04 Å². The number of amides is 1. The van der Waals surface area contributed by atoms with Crippen LogP contribution in [0.2, 0.25) is 5.02 Å². The maximum atomic E-state index is 13.0. The summed E-state index contributed by atoms with van der Waals surface area (Å²) in [5, 5.41) is 8.08. The molecule has 0 heterocycles. The molecule has 0 N–H and O–H groups in total. The first kappa shape index (κ1) is 26.2. The summed E-state index contributed by atoms with van der Waals surface area (Å²) in [4.78, 5) is 25.2. The van der Waals surface area contributed by atoms with Crippen molar-refractivity contribution in [3.8, 4) is 23.0 Å². The third kappa shape index (κ3) is 6.27. The standard InChI is InChI=1S/C22H25Cl2N3O6/c1-6-32-17-11-9-15(19(23)21(17)33-7-2)25-26-20(13(3)28)22(29)27(24)16-10-8-14(30-4)12-18(16)31-5/h8-12,20H,6-7H2,1-5H3. The Labute approximate surface area is 202 Å². The SMILES string of the molecule is CCOc1ccc(N=NC(C(C)=O)C(=O)N(Cl)c2ccc(OC)cc2OC)c(Cl)c1OCC. The number of nitrogens with zero attached hydrogens (tertiary/aromatic N) is 3. The molecule has 0 saturated carbocycles. The Morgan fingerprint density at radius 3 is 2.30 bits per heavy atom. The highest BCUT2D eigenvalue weighted by atomic mass is 35.5. The number of benzene rings is 2. The lowest BCUT2D eigenvalue weighted by atomic mass is 10.2. The fourth-order valence-electron chi connectivity index (χ4n) is 2.75. The lowest BCUT2D eigenvalue weighted by molar-refractivity contribution is -0.126. The molecule has 0 aliphatic rings. The van der Waals surface area contributed by atoms with E-state index in [2.05, 4.69) is 10.2 Å². The molecule has 2 aromatic carbocycles. The molecule has 0 aliphatic heterocycles. The van der Waals surface area contributed by atoms with Gasteiger partial charge in [0, 0.05) is 17.8 Å². The number of rotatable bonds is 11. The molecule has 0 aromatic heterocycles. The van der Waals surface area contributed by atoms with Crippen molar-refractivity contribution in [2.45, 2.75) is 26.8 Å². The minimum atomic E-state index is -1.51. The van der Waals surface area contributed by atoms with Crippen molar-refractivity contribution in [1.29, 1.82) is 0 Å². The van der Waals surface area contributed by atoms with Crippen LogP contribution in [0.5, 0.6) is 23.0 Å². The average Bonchev–Trinajstić information content (AvgIpc) is 2.81. The van der Waals surface area contributed by atoms with Crippen LogP contribution in [0.15, 0.2) is 40.6 Å². The summed E-state index contributed by atoms with van der Waals surface area (Å²) in [5.74, 6) is 0.141. The highest BCUT2D eigenvalue weighted by Gasteiger charge is 2.30. The smallest absolute Gasteiger partial charge is 0.276 e. The highest BCUT2D eigenvalue weighted by Crippen LogP contribution is 2.42. The molecule has 0 fully saturated rings. The van der Waals surface area contributed by atoms with Crippen LogP contribution in [0.25, 0.3) is 0 Å². The number of ketones is 1. The first-order chi connectivity index (χ1) is 15.8. The lowest BCUT2D eigenvalue weighted by Gasteiger charge is -2.19. The van der Waals surface area contributed by atoms with Gasteiger partial charge >= 0.3 is 0 Å². The monoisotopic (exact) mass is 497 g/mol. The van der Waals surface area contributed by atoms with Crippen molar-refractivity contribution < 1.29 is 28.5 Å². The summed E-state index contributed by atoms with van der Waals surface area (Å²) in [7, 11) is 2.91. The summed E-state index contributed by atoms with van der Waals surface area (Å²) < 4.78 is 22.2. The molecule has 11 heteroatoms. The number of Topliss-reactive ketones (excluding diaryl/α,β-unsaturated/α-hetero) is 1. The van der Waals surface area contributed by atoms with Gasteiger partial charge in [0.1, 0.15) is 27.9 Å². The lowest BCUT2D eigenvalue weighted by Crippen LogP contribution is -2.36. The van der Waals surface area contributed by atoms with Gasteiger partial charge in [-0.25, -0.2) is 4.42 Å². The second-order valence-corrected chi connectivity index (χ2v) is 7.19. The van der Waals surface area contributed by atoms with E-state index in [1.165, 1.54) is 27.2 Å². The maximum Gasteiger partial charge on any atom is 0.276 e. The normalized spacial score (nSPS) is 11.7. The summed E-state index contributed by atoms with van der Waals surface area (Å²) in [5.41, 5.74) is 0.412. The van der Waals surface area contributed by atoms with Gasteiger partial charge in [-0.05, 0) is 45.0 Å². The van der Waals surface area contributed by atoms with E-state index < -0.39 is 17.7 Å². The largest absolute Gasteiger partial charge is 0.497 e. The minimum absolute atomic E-state index is 0.140. The van der Waals surface area contributed by atoms with Gasteiger partial charge in [0.25, 0.3) is 5.91 Å². The van der Waals surface area contributed by atoms with Gasteiger partial charge in [-0.3, -0.25) is 9.59 Å². The van der Waals surface area contributed by atoms with Gasteiger partial charge in [-0.2, -0.15) is 10.2 Å². The number of anilines is 1. The molecule has 0 aliphatic carbocycles. The van der Waals surface area contributed by atoms with Crippen LogP contribution in [0.1, 0.15) is 20.8 Å². The minimum Gasteiger partial charge on any atom is -0.497 e. The Kier molecular flexibility index (Phi) is 9.74. The van der Waals surface area contributed by atoms with Crippen LogP contribution in [-0.2, 0) is 9.59 Å². The Morgan fingerprint density at radius 2 is 1.73 bits per heavy atom. The van der Waals surface area contributed by atoms with E-state index in [0.29, 0.717) is 30.5 Å². The first-order valence-electron chi connectivity index (χ1n) is 10.00. The molecule has 33 heavy (non-hydrogen) atoms. The molecule has 1 unspecified atom stereocenters. The summed E-state index contributed by atoms with van der Waals surface area (Å²) in [6, 6.07) is 6.33. The summed E-state index contributed by atoms with van der Waals surface area (Å²) >= 11 is 12.7. The predicted octanol–water partition coefficient (Wildman–Crippen LogP) is 5.38. The molecule has 2 aromatic rings. The summed E-state index contributed by atoms with van der Waals surface area (Å²) in [6.07, 6.45) is 0. The van der Waals surface area contributed by atoms with E-state index in [0.717, 1.165) is 4.42 Å². The van der Waals surface area contributed by atoms with Crippen LogP contribution in [0.4, 0.5) is 11.4 Å². The van der Waals surface area contributed by atoms with Crippen LogP contribution in [0, 0.1) is 0 Å². The number of carbonyl (C=O) groups excluding carboxylic acids is 2. The Morgan fingerprint density at radius 1 is 1.03 bits per heavy atom. The Hall–Kier alpha value is -3.04. The van der Waals surface area contributed by atoms with Gasteiger partial charge < -0.3 is 18.9 Å². The van der Waals surface area contributed by atoms with Gasteiger partial charge in [-0.1, -0.05) is 11.6 Å². The van der Waals surface area contributed by atoms with Crippen molar-refractivity contribution in [2.24, 2.45) is 10.2 Å². The molecule has 1 atom stereocenters. The van der Waals surface area contributed by atoms with E-state index in [4.69, 9.17) is 42.3 Å². The molecule has 1 amide bonds. The van der Waals surface area contributed by atoms with E-state index in [9.17, 15) is 9.59 Å². The Balaban J connectivity index is 2.37. The van der Waals surface area contributed by atoms with Crippen molar-refractivity contribution in [3.63, 3.8) is 0 Å². The van der Waals surface area contributed by atoms with Gasteiger partial charge in [0.15, 0.2) is 17.3 Å². The molecule has 2 rings (SSSR count). The fourth-order valence-corrected chi connectivity index (χ4v) is 3.23.